The van der Waals surface area contributed by atoms with Gasteiger partial charge in [0, 0.05) is 23.0 Å². The third-order valence-corrected chi connectivity index (χ3v) is 3.36. The summed E-state index contributed by atoms with van der Waals surface area (Å²) >= 11 is 0. The van der Waals surface area contributed by atoms with E-state index < -0.39 is 12.1 Å². The van der Waals surface area contributed by atoms with Crippen LogP contribution < -0.4 is 4.74 Å². The molecule has 0 radical (unpaired) electrons. The van der Waals surface area contributed by atoms with Crippen LogP contribution in [-0.4, -0.2) is 22.2 Å². The zero-order chi connectivity index (χ0) is 12.2. The molecule has 1 aliphatic rings. The Labute approximate surface area is 98.2 Å². The van der Waals surface area contributed by atoms with Gasteiger partial charge in [-0.15, -0.1) is 0 Å². The van der Waals surface area contributed by atoms with Crippen LogP contribution in [0.15, 0.2) is 18.3 Å². The van der Waals surface area contributed by atoms with Gasteiger partial charge < -0.3 is 14.8 Å². The van der Waals surface area contributed by atoms with Gasteiger partial charge in [0.1, 0.15) is 5.75 Å². The number of carbonyl (C=O) groups is 1. The van der Waals surface area contributed by atoms with E-state index in [1.54, 1.807) is 0 Å². The molecule has 17 heavy (non-hydrogen) atoms. The number of aryl methyl sites for hydroxylation is 1. The second-order valence-electron chi connectivity index (χ2n) is 4.59. The van der Waals surface area contributed by atoms with E-state index in [-0.39, 0.29) is 5.92 Å². The van der Waals surface area contributed by atoms with Crippen molar-refractivity contribution < 1.29 is 14.6 Å². The molecule has 1 aromatic heterocycles. The maximum atomic E-state index is 11.2. The van der Waals surface area contributed by atoms with Crippen LogP contribution in [0.4, 0.5) is 0 Å². The molecule has 0 saturated heterocycles. The summed E-state index contributed by atoms with van der Waals surface area (Å²) in [7, 11) is 0. The van der Waals surface area contributed by atoms with Crippen molar-refractivity contribution in [3.05, 3.63) is 29.5 Å². The highest BCUT2D eigenvalue weighted by atomic mass is 16.5. The van der Waals surface area contributed by atoms with Gasteiger partial charge >= 0.3 is 5.97 Å². The summed E-state index contributed by atoms with van der Waals surface area (Å²) < 4.78 is 5.60. The Hall–Kier alpha value is -1.97. The number of aromatic nitrogens is 1. The fourth-order valence-corrected chi connectivity index (χ4v) is 2.51. The molecule has 0 amide bonds. The topological polar surface area (TPSA) is 62.3 Å². The summed E-state index contributed by atoms with van der Waals surface area (Å²) in [5.41, 5.74) is 3.08. The fraction of sp³-hybridized carbons (Fsp3) is 0.308. The van der Waals surface area contributed by atoms with Crippen molar-refractivity contribution in [2.75, 3.05) is 0 Å². The lowest BCUT2D eigenvalue weighted by molar-refractivity contribution is -0.146. The Morgan fingerprint density at radius 3 is 2.94 bits per heavy atom. The monoisotopic (exact) mass is 231 g/mol. The summed E-state index contributed by atoms with van der Waals surface area (Å²) in [6.07, 6.45) is 1.08. The number of benzene rings is 1. The van der Waals surface area contributed by atoms with Crippen molar-refractivity contribution in [2.24, 2.45) is 0 Å². The molecule has 0 spiro atoms. The minimum atomic E-state index is -0.918. The molecule has 2 atom stereocenters. The first-order valence-electron chi connectivity index (χ1n) is 5.59. The van der Waals surface area contributed by atoms with Crippen molar-refractivity contribution in [1.82, 2.24) is 4.98 Å². The molecule has 0 saturated carbocycles. The van der Waals surface area contributed by atoms with Crippen molar-refractivity contribution >= 4 is 16.9 Å². The van der Waals surface area contributed by atoms with Gasteiger partial charge in [0.15, 0.2) is 0 Å². The fourth-order valence-electron chi connectivity index (χ4n) is 2.51. The zero-order valence-corrected chi connectivity index (χ0v) is 9.65. The molecule has 0 fully saturated rings. The highest BCUT2D eigenvalue weighted by Crippen LogP contribution is 2.41. The van der Waals surface area contributed by atoms with Crippen LogP contribution in [0.3, 0.4) is 0 Å². The van der Waals surface area contributed by atoms with E-state index in [0.29, 0.717) is 5.75 Å². The van der Waals surface area contributed by atoms with Crippen LogP contribution in [0.1, 0.15) is 24.0 Å². The molecule has 1 aromatic carbocycles. The number of ether oxygens (including phenoxy) is 1. The lowest BCUT2D eigenvalue weighted by atomic mass is 9.91. The Morgan fingerprint density at radius 2 is 2.24 bits per heavy atom. The summed E-state index contributed by atoms with van der Waals surface area (Å²) in [4.78, 5) is 14.3. The quantitative estimate of drug-likeness (QED) is 0.792. The molecule has 2 heterocycles. The molecule has 4 heteroatoms. The number of hydrogen-bond donors (Lipinski definition) is 2. The second-order valence-corrected chi connectivity index (χ2v) is 4.59. The third-order valence-electron chi connectivity index (χ3n) is 3.36. The molecule has 2 aromatic rings. The van der Waals surface area contributed by atoms with E-state index in [2.05, 4.69) is 4.98 Å². The summed E-state index contributed by atoms with van der Waals surface area (Å²) in [5.74, 6) is -0.391. The molecule has 3 rings (SSSR count). The number of aliphatic carboxylic acids is 1. The maximum Gasteiger partial charge on any atom is 0.345 e. The smallest absolute Gasteiger partial charge is 0.345 e. The van der Waals surface area contributed by atoms with Gasteiger partial charge in [-0.1, -0.05) is 6.92 Å². The highest BCUT2D eigenvalue weighted by molar-refractivity contribution is 5.93. The van der Waals surface area contributed by atoms with Crippen LogP contribution in [0, 0.1) is 6.92 Å². The Bertz CT molecular complexity index is 614. The molecule has 88 valence electrons. The van der Waals surface area contributed by atoms with Gasteiger partial charge in [0.05, 0.1) is 0 Å². The number of nitrogens with one attached hydrogen (secondary N) is 1. The number of rotatable bonds is 1. The van der Waals surface area contributed by atoms with E-state index >= 15 is 0 Å². The van der Waals surface area contributed by atoms with Crippen molar-refractivity contribution in [2.45, 2.75) is 25.9 Å². The predicted molar refractivity (Wildman–Crippen MR) is 63.5 cm³/mol. The lowest BCUT2D eigenvalue weighted by Crippen LogP contribution is -2.34. The molecule has 0 aliphatic carbocycles. The van der Waals surface area contributed by atoms with Gasteiger partial charge in [-0.3, -0.25) is 0 Å². The van der Waals surface area contributed by atoms with Crippen LogP contribution in [0.25, 0.3) is 10.9 Å². The first-order chi connectivity index (χ1) is 8.08. The van der Waals surface area contributed by atoms with Crippen molar-refractivity contribution in [3.63, 3.8) is 0 Å². The van der Waals surface area contributed by atoms with Crippen LogP contribution in [0.2, 0.25) is 0 Å². The van der Waals surface area contributed by atoms with Gasteiger partial charge in [-0.05, 0) is 30.2 Å². The number of aromatic amines is 1. The molecule has 0 bridgehead atoms. The van der Waals surface area contributed by atoms with Crippen LogP contribution >= 0.6 is 0 Å². The summed E-state index contributed by atoms with van der Waals surface area (Å²) in [6.45, 7) is 3.85. The van der Waals surface area contributed by atoms with E-state index in [1.165, 1.54) is 0 Å². The van der Waals surface area contributed by atoms with Gasteiger partial charge in [-0.25, -0.2) is 4.79 Å². The zero-order valence-electron chi connectivity index (χ0n) is 9.65. The Kier molecular flexibility index (Phi) is 1.96. The summed E-state index contributed by atoms with van der Waals surface area (Å²) in [5, 5.41) is 10.2. The SMILES string of the molecule is Cc1cc2c3c(c[nH]c3c1)C(C)C(C(=O)O)O2. The van der Waals surface area contributed by atoms with Gasteiger partial charge in [-0.2, -0.15) is 0 Å². The average Bonchev–Trinajstić information content (AvgIpc) is 2.67. The molecular weight excluding hydrogens is 218 g/mol. The molecule has 2 N–H and O–H groups in total. The average molecular weight is 231 g/mol. The summed E-state index contributed by atoms with van der Waals surface area (Å²) in [6, 6.07) is 3.93. The van der Waals surface area contributed by atoms with Gasteiger partial charge in [0.2, 0.25) is 6.10 Å². The van der Waals surface area contributed by atoms with Crippen LogP contribution in [-0.2, 0) is 4.79 Å². The van der Waals surface area contributed by atoms with Gasteiger partial charge in [0.25, 0.3) is 0 Å². The first-order valence-corrected chi connectivity index (χ1v) is 5.59. The highest BCUT2D eigenvalue weighted by Gasteiger charge is 2.34. The Morgan fingerprint density at radius 1 is 1.47 bits per heavy atom. The number of carboxylic acid groups (broad SMARTS) is 1. The van der Waals surface area contributed by atoms with Crippen molar-refractivity contribution in [3.8, 4) is 5.75 Å². The van der Waals surface area contributed by atoms with E-state index in [9.17, 15) is 4.79 Å². The third kappa shape index (κ3) is 1.33. The van der Waals surface area contributed by atoms with Crippen LogP contribution in [0.5, 0.6) is 5.75 Å². The number of hydrogen-bond acceptors (Lipinski definition) is 2. The number of carboxylic acids is 1. The van der Waals surface area contributed by atoms with Crippen molar-refractivity contribution in [1.29, 1.82) is 0 Å². The van der Waals surface area contributed by atoms with E-state index in [0.717, 1.165) is 22.0 Å². The second kappa shape index (κ2) is 3.26. The largest absolute Gasteiger partial charge is 0.478 e. The predicted octanol–water partition coefficient (Wildman–Crippen LogP) is 2.43. The maximum absolute atomic E-state index is 11.2. The molecule has 4 nitrogen and oxygen atoms in total. The number of H-pyrrole nitrogens is 1. The first kappa shape index (κ1) is 10.2. The molecule has 1 aliphatic heterocycles. The lowest BCUT2D eigenvalue weighted by Gasteiger charge is -2.27. The Balaban J connectivity index is 2.27. The standard InChI is InChI=1S/C13H13NO3/c1-6-3-9-11-8(5-14-9)7(2)12(13(15)16)17-10(11)4-6/h3-5,7,12,14H,1-2H3,(H,15,16). The minimum absolute atomic E-state index is 0.142. The molecule has 2 unspecified atom stereocenters. The minimum Gasteiger partial charge on any atom is -0.478 e. The molecular formula is C13H13NO3. The van der Waals surface area contributed by atoms with E-state index in [1.807, 2.05) is 32.2 Å². The normalized spacial score (nSPS) is 22.5. The van der Waals surface area contributed by atoms with E-state index in [4.69, 9.17) is 9.84 Å².